The molecule has 2 N–H and O–H groups in total. The highest BCUT2D eigenvalue weighted by Gasteiger charge is 2.56. The van der Waals surface area contributed by atoms with Gasteiger partial charge in [0.25, 0.3) is 0 Å². The molecule has 0 spiro atoms. The number of fused-ring (bicyclic) bond motifs is 1. The summed E-state index contributed by atoms with van der Waals surface area (Å²) in [6.45, 7) is 16.7. The molecule has 0 aliphatic carbocycles. The van der Waals surface area contributed by atoms with Gasteiger partial charge in [0.2, 0.25) is 11.8 Å². The number of hydrogen-bond acceptors (Lipinski definition) is 6. The summed E-state index contributed by atoms with van der Waals surface area (Å²) in [5, 5.41) is 0. The first-order valence-electron chi connectivity index (χ1n) is 13.6. The number of carbonyl (C=O) groups is 3. The molecular weight excluding hydrogens is 468 g/mol. The highest BCUT2D eigenvalue weighted by Crippen LogP contribution is 2.47. The van der Waals surface area contributed by atoms with Crippen LogP contribution in [0.3, 0.4) is 0 Å². The third kappa shape index (κ3) is 5.15. The van der Waals surface area contributed by atoms with Crippen molar-refractivity contribution in [2.75, 3.05) is 51.3 Å². The minimum atomic E-state index is -0.625. The Morgan fingerprint density at radius 2 is 1.76 bits per heavy atom. The number of piperazine rings is 1. The van der Waals surface area contributed by atoms with Gasteiger partial charge >= 0.3 is 0 Å². The van der Waals surface area contributed by atoms with E-state index in [2.05, 4.69) is 58.4 Å². The molecule has 1 aromatic rings. The first-order chi connectivity index (χ1) is 17.3. The van der Waals surface area contributed by atoms with E-state index in [1.807, 2.05) is 12.1 Å². The van der Waals surface area contributed by atoms with Crippen LogP contribution in [0.4, 0.5) is 5.69 Å². The molecule has 4 atom stereocenters. The maximum absolute atomic E-state index is 14.6. The van der Waals surface area contributed by atoms with E-state index in [1.165, 1.54) is 0 Å². The number of carbonyl (C=O) groups excluding carboxylic acids is 3. The number of nitrogens with zero attached hydrogens (tertiary/aromatic N) is 3. The summed E-state index contributed by atoms with van der Waals surface area (Å²) in [4.78, 5) is 46.5. The Bertz CT molecular complexity index is 1050. The normalized spacial score (nSPS) is 25.9. The second-order valence-electron chi connectivity index (χ2n) is 12.9. The van der Waals surface area contributed by atoms with E-state index in [0.717, 1.165) is 38.3 Å². The van der Waals surface area contributed by atoms with Gasteiger partial charge in [0.15, 0.2) is 5.78 Å². The van der Waals surface area contributed by atoms with Gasteiger partial charge in [-0.05, 0) is 48.1 Å². The van der Waals surface area contributed by atoms with Crippen LogP contribution in [0.5, 0.6) is 0 Å². The van der Waals surface area contributed by atoms with Crippen LogP contribution >= 0.6 is 0 Å². The minimum Gasteiger partial charge on any atom is -0.369 e. The topological polar surface area (TPSA) is 96.2 Å². The highest BCUT2D eigenvalue weighted by molar-refractivity contribution is 5.99. The largest absolute Gasteiger partial charge is 0.369 e. The molecule has 1 aromatic carbocycles. The van der Waals surface area contributed by atoms with Gasteiger partial charge in [-0.1, -0.05) is 41.5 Å². The minimum absolute atomic E-state index is 0.0406. The van der Waals surface area contributed by atoms with Gasteiger partial charge in [0, 0.05) is 49.9 Å². The van der Waals surface area contributed by atoms with Crippen LogP contribution in [0.1, 0.15) is 69.8 Å². The van der Waals surface area contributed by atoms with Gasteiger partial charge in [-0.2, -0.15) is 0 Å². The Morgan fingerprint density at radius 1 is 1.11 bits per heavy atom. The van der Waals surface area contributed by atoms with Gasteiger partial charge in [-0.3, -0.25) is 14.4 Å². The Labute approximate surface area is 221 Å². The van der Waals surface area contributed by atoms with Crippen molar-refractivity contribution in [2.45, 2.75) is 66.0 Å². The van der Waals surface area contributed by atoms with Crippen LogP contribution < -0.4 is 10.6 Å². The van der Waals surface area contributed by atoms with Gasteiger partial charge in [0.1, 0.15) is 12.6 Å². The molecule has 0 radical (unpaired) electrons. The number of hydrogen-bond donors (Lipinski definition) is 1. The fourth-order valence-corrected chi connectivity index (χ4v) is 6.18. The number of amides is 2. The maximum atomic E-state index is 14.6. The molecule has 0 bridgehead atoms. The Morgan fingerprint density at radius 3 is 2.32 bits per heavy atom. The summed E-state index contributed by atoms with van der Waals surface area (Å²) in [5.41, 5.74) is 7.28. The fourth-order valence-electron chi connectivity index (χ4n) is 6.18. The second-order valence-corrected chi connectivity index (χ2v) is 12.9. The highest BCUT2D eigenvalue weighted by atomic mass is 16.5. The lowest BCUT2D eigenvalue weighted by Gasteiger charge is -2.39. The van der Waals surface area contributed by atoms with Gasteiger partial charge in [-0.25, -0.2) is 0 Å². The van der Waals surface area contributed by atoms with Crippen molar-refractivity contribution in [3.63, 3.8) is 0 Å². The average molecular weight is 513 g/mol. The van der Waals surface area contributed by atoms with Crippen LogP contribution in [-0.4, -0.2) is 85.9 Å². The lowest BCUT2D eigenvalue weighted by molar-refractivity contribution is -0.140. The summed E-state index contributed by atoms with van der Waals surface area (Å²) in [5.74, 6) is -1.28. The van der Waals surface area contributed by atoms with Crippen LogP contribution in [0.2, 0.25) is 0 Å². The zero-order valence-corrected chi connectivity index (χ0v) is 23.5. The van der Waals surface area contributed by atoms with Crippen molar-refractivity contribution in [3.05, 3.63) is 29.3 Å². The summed E-state index contributed by atoms with van der Waals surface area (Å²) in [6, 6.07) is 5.12. The van der Waals surface area contributed by atoms with Crippen molar-refractivity contribution in [1.82, 2.24) is 9.80 Å². The Hall–Kier alpha value is -2.45. The van der Waals surface area contributed by atoms with E-state index in [-0.39, 0.29) is 35.7 Å². The van der Waals surface area contributed by atoms with Crippen LogP contribution in [0, 0.1) is 16.7 Å². The standard InChI is InChI=1S/C29H44N4O4/c1-8-29(5,6)23(27(36)33-16-21(28(2,3)4)25-24(33)22(34)17-37-25)20-15-18(9-10-19(20)26(30)35)32-13-11-31(7)12-14-32/h9-10,15,21,23-25H,8,11-14,16-17H2,1-7H3,(H2,30,35)/t21-,23+,24-,25-/m1/s1. The molecule has 3 fully saturated rings. The average Bonchev–Trinajstić information content (AvgIpc) is 3.40. The van der Waals surface area contributed by atoms with Gasteiger partial charge in [0.05, 0.1) is 12.0 Å². The van der Waals surface area contributed by atoms with Crippen molar-refractivity contribution in [2.24, 2.45) is 22.5 Å². The van der Waals surface area contributed by atoms with E-state index in [9.17, 15) is 14.4 Å². The van der Waals surface area contributed by atoms with E-state index < -0.39 is 23.3 Å². The number of Topliss-reactive ketones (excluding diaryl/α,β-unsaturated/α-hetero) is 1. The SMILES string of the molecule is CCC(C)(C)[C@H](C(=O)N1C[C@@H](C(C)(C)C)[C@H]2OCC(=O)[C@H]21)c1cc(N2CCN(C)CC2)ccc1C(N)=O. The van der Waals surface area contributed by atoms with Gasteiger partial charge < -0.3 is 25.2 Å². The number of benzene rings is 1. The molecule has 37 heavy (non-hydrogen) atoms. The molecule has 3 heterocycles. The number of rotatable bonds is 6. The maximum Gasteiger partial charge on any atom is 0.249 e. The molecule has 3 saturated heterocycles. The number of likely N-dealkylation sites (tertiary alicyclic amines) is 1. The molecule has 0 aromatic heterocycles. The lowest BCUT2D eigenvalue weighted by Crippen LogP contribution is -2.47. The summed E-state index contributed by atoms with van der Waals surface area (Å²) in [7, 11) is 2.11. The Balaban J connectivity index is 1.79. The first-order valence-corrected chi connectivity index (χ1v) is 13.6. The molecular formula is C29H44N4O4. The third-order valence-electron chi connectivity index (χ3n) is 9.00. The zero-order chi connectivity index (χ0) is 27.3. The third-order valence-corrected chi connectivity index (χ3v) is 9.00. The van der Waals surface area contributed by atoms with E-state index in [4.69, 9.17) is 10.5 Å². The number of nitrogens with two attached hydrogens (primary N) is 1. The summed E-state index contributed by atoms with van der Waals surface area (Å²) < 4.78 is 5.95. The number of primary amides is 1. The number of anilines is 1. The lowest BCUT2D eigenvalue weighted by atomic mass is 9.71. The van der Waals surface area contributed by atoms with Crippen LogP contribution in [-0.2, 0) is 14.3 Å². The summed E-state index contributed by atoms with van der Waals surface area (Å²) >= 11 is 0. The molecule has 2 amide bonds. The van der Waals surface area contributed by atoms with Crippen LogP contribution in [0.15, 0.2) is 18.2 Å². The van der Waals surface area contributed by atoms with Crippen molar-refractivity contribution in [1.29, 1.82) is 0 Å². The molecule has 3 aliphatic heterocycles. The number of ketones is 1. The quantitative estimate of drug-likeness (QED) is 0.630. The number of likely N-dealkylation sites (N-methyl/N-ethyl adjacent to an activating group) is 1. The van der Waals surface area contributed by atoms with Crippen molar-refractivity contribution >= 4 is 23.3 Å². The Kier molecular flexibility index (Phi) is 7.47. The van der Waals surface area contributed by atoms with Crippen molar-refractivity contribution < 1.29 is 19.1 Å². The van der Waals surface area contributed by atoms with E-state index in [0.29, 0.717) is 17.7 Å². The predicted octanol–water partition coefficient (Wildman–Crippen LogP) is 2.90. The first kappa shape index (κ1) is 27.6. The monoisotopic (exact) mass is 512 g/mol. The molecule has 204 valence electrons. The zero-order valence-electron chi connectivity index (χ0n) is 23.5. The smallest absolute Gasteiger partial charge is 0.249 e. The van der Waals surface area contributed by atoms with Gasteiger partial charge in [-0.15, -0.1) is 0 Å². The predicted molar refractivity (Wildman–Crippen MR) is 145 cm³/mol. The van der Waals surface area contributed by atoms with Crippen LogP contribution in [0.25, 0.3) is 0 Å². The van der Waals surface area contributed by atoms with E-state index in [1.54, 1.807) is 11.0 Å². The fraction of sp³-hybridized carbons (Fsp3) is 0.690. The number of ether oxygens (including phenoxy) is 1. The molecule has 0 unspecified atom stereocenters. The molecule has 3 aliphatic rings. The second kappa shape index (κ2) is 10.0. The van der Waals surface area contributed by atoms with E-state index >= 15 is 0 Å². The molecule has 8 nitrogen and oxygen atoms in total. The molecule has 0 saturated carbocycles. The summed E-state index contributed by atoms with van der Waals surface area (Å²) in [6.07, 6.45) is 0.421. The van der Waals surface area contributed by atoms with Crippen molar-refractivity contribution in [3.8, 4) is 0 Å². The molecule has 4 rings (SSSR count). The molecule has 8 heteroatoms.